The summed E-state index contributed by atoms with van der Waals surface area (Å²) < 4.78 is 2.46. The predicted molar refractivity (Wildman–Crippen MR) is 237 cm³/mol. The zero-order valence-electron chi connectivity index (χ0n) is 30.8. The van der Waals surface area contributed by atoms with Crippen molar-refractivity contribution in [3.8, 4) is 50.2 Å². The summed E-state index contributed by atoms with van der Waals surface area (Å²) in [6, 6.07) is 83.1. The highest BCUT2D eigenvalue weighted by atomic mass is 15.2. The Hall–Kier alpha value is -7.42. The molecular formula is C54H38N2. The molecule has 0 atom stereocenters. The highest BCUT2D eigenvalue weighted by molar-refractivity contribution is 6.17. The van der Waals surface area contributed by atoms with Crippen molar-refractivity contribution in [3.05, 3.63) is 231 Å². The molecule has 0 radical (unpaired) electrons. The van der Waals surface area contributed by atoms with Gasteiger partial charge in [0.15, 0.2) is 0 Å². The summed E-state index contributed by atoms with van der Waals surface area (Å²) in [6.45, 7) is 0. The third-order valence-electron chi connectivity index (χ3n) is 10.8. The summed E-state index contributed by atoms with van der Waals surface area (Å²) >= 11 is 0. The normalized spacial score (nSPS) is 11.2. The summed E-state index contributed by atoms with van der Waals surface area (Å²) in [4.78, 5) is 2.48. The summed E-state index contributed by atoms with van der Waals surface area (Å²) in [7, 11) is 0. The van der Waals surface area contributed by atoms with E-state index in [1.165, 1.54) is 55.3 Å². The Labute approximate surface area is 327 Å². The molecule has 0 aliphatic heterocycles. The molecule has 0 aliphatic carbocycles. The van der Waals surface area contributed by atoms with Crippen molar-refractivity contribution in [1.82, 2.24) is 4.57 Å². The van der Waals surface area contributed by atoms with Crippen LogP contribution in [0.3, 0.4) is 0 Å². The molecule has 0 saturated heterocycles. The van der Waals surface area contributed by atoms with Gasteiger partial charge in [0.05, 0.1) is 33.8 Å². The minimum atomic E-state index is 1.12. The van der Waals surface area contributed by atoms with Crippen LogP contribution in [0.4, 0.5) is 17.1 Å². The van der Waals surface area contributed by atoms with Gasteiger partial charge in [-0.25, -0.2) is 0 Å². The van der Waals surface area contributed by atoms with E-state index in [2.05, 4.69) is 240 Å². The molecule has 10 rings (SSSR count). The van der Waals surface area contributed by atoms with E-state index in [1.807, 2.05) is 0 Å². The maximum atomic E-state index is 2.48. The number of anilines is 3. The molecule has 264 valence electrons. The number of para-hydroxylation sites is 4. The molecule has 10 aromatic rings. The van der Waals surface area contributed by atoms with Gasteiger partial charge in [-0.05, 0) is 64.2 Å². The van der Waals surface area contributed by atoms with Crippen LogP contribution < -0.4 is 4.90 Å². The van der Waals surface area contributed by atoms with E-state index in [9.17, 15) is 0 Å². The number of hydrogen-bond donors (Lipinski definition) is 0. The topological polar surface area (TPSA) is 8.17 Å². The van der Waals surface area contributed by atoms with Gasteiger partial charge in [0.1, 0.15) is 0 Å². The van der Waals surface area contributed by atoms with Crippen molar-refractivity contribution in [1.29, 1.82) is 0 Å². The highest BCUT2D eigenvalue weighted by Gasteiger charge is 2.25. The maximum absolute atomic E-state index is 2.48. The zero-order chi connectivity index (χ0) is 37.3. The first kappa shape index (κ1) is 33.2. The maximum Gasteiger partial charge on any atom is 0.0562 e. The average Bonchev–Trinajstić information content (AvgIpc) is 3.63. The number of rotatable bonds is 8. The quantitative estimate of drug-likeness (QED) is 0.152. The lowest BCUT2D eigenvalue weighted by molar-refractivity contribution is 1.18. The first-order valence-electron chi connectivity index (χ1n) is 19.2. The molecule has 56 heavy (non-hydrogen) atoms. The molecule has 0 unspecified atom stereocenters. The molecule has 0 fully saturated rings. The van der Waals surface area contributed by atoms with E-state index in [0.29, 0.717) is 0 Å². The largest absolute Gasteiger partial charge is 0.309 e. The average molecular weight is 715 g/mol. The van der Waals surface area contributed by atoms with Crippen LogP contribution in [-0.2, 0) is 0 Å². The fraction of sp³-hybridized carbons (Fsp3) is 0. The monoisotopic (exact) mass is 714 g/mol. The van der Waals surface area contributed by atoms with Crippen molar-refractivity contribution in [2.45, 2.75) is 0 Å². The van der Waals surface area contributed by atoms with E-state index in [4.69, 9.17) is 0 Å². The fourth-order valence-electron chi connectivity index (χ4n) is 8.28. The minimum Gasteiger partial charge on any atom is -0.309 e. The Bertz CT molecular complexity index is 2860. The molecule has 0 spiro atoms. The second-order valence-electron chi connectivity index (χ2n) is 14.1. The standard InChI is InChI=1S/C54H38N2/c1-4-19-39(20-5-1)40-35-37-43(38-36-40)46-27-12-16-31-50(46)56-51-32-17-13-28-47(51)54-52(33-18-34-53(54)56)55(48-29-14-10-25-44(48)41-21-6-2-7-22-41)49-30-15-11-26-45(49)42-23-8-3-9-24-42/h1-38H. The Morgan fingerprint density at radius 1 is 0.268 bits per heavy atom. The third kappa shape index (κ3) is 5.85. The van der Waals surface area contributed by atoms with Crippen LogP contribution in [0.5, 0.6) is 0 Å². The second-order valence-corrected chi connectivity index (χ2v) is 14.1. The van der Waals surface area contributed by atoms with Crippen LogP contribution in [-0.4, -0.2) is 4.57 Å². The Kier molecular flexibility index (Phi) is 8.55. The van der Waals surface area contributed by atoms with Gasteiger partial charge in [-0.1, -0.05) is 194 Å². The van der Waals surface area contributed by atoms with Crippen molar-refractivity contribution in [2.24, 2.45) is 0 Å². The van der Waals surface area contributed by atoms with Gasteiger partial charge in [0.25, 0.3) is 0 Å². The molecule has 1 aromatic heterocycles. The van der Waals surface area contributed by atoms with Crippen LogP contribution in [0.2, 0.25) is 0 Å². The van der Waals surface area contributed by atoms with Gasteiger partial charge >= 0.3 is 0 Å². The van der Waals surface area contributed by atoms with Crippen LogP contribution in [0.25, 0.3) is 72.0 Å². The molecule has 9 aromatic carbocycles. The van der Waals surface area contributed by atoms with Gasteiger partial charge in [-0.15, -0.1) is 0 Å². The highest BCUT2D eigenvalue weighted by Crippen LogP contribution is 2.49. The molecule has 1 heterocycles. The summed E-state index contributed by atoms with van der Waals surface area (Å²) in [5.74, 6) is 0. The number of fused-ring (bicyclic) bond motifs is 3. The lowest BCUT2D eigenvalue weighted by Gasteiger charge is -2.30. The molecule has 0 N–H and O–H groups in total. The number of nitrogens with zero attached hydrogens (tertiary/aromatic N) is 2. The Morgan fingerprint density at radius 3 is 1.30 bits per heavy atom. The van der Waals surface area contributed by atoms with E-state index in [-0.39, 0.29) is 0 Å². The summed E-state index contributed by atoms with van der Waals surface area (Å²) in [5.41, 5.74) is 16.3. The SMILES string of the molecule is c1ccc(-c2ccc(-c3ccccc3-n3c4ccccc4c4c(N(c5ccccc5-c5ccccc5)c5ccccc5-c5ccccc5)cccc43)cc2)cc1. The Morgan fingerprint density at radius 2 is 0.679 bits per heavy atom. The molecular weight excluding hydrogens is 677 g/mol. The predicted octanol–water partition coefficient (Wildman–Crippen LogP) is 14.9. The van der Waals surface area contributed by atoms with Crippen molar-refractivity contribution in [2.75, 3.05) is 4.90 Å². The number of hydrogen-bond acceptors (Lipinski definition) is 1. The molecule has 0 bridgehead atoms. The van der Waals surface area contributed by atoms with Crippen LogP contribution in [0, 0.1) is 0 Å². The van der Waals surface area contributed by atoms with Crippen LogP contribution in [0.15, 0.2) is 231 Å². The molecule has 2 heteroatoms. The van der Waals surface area contributed by atoms with E-state index in [1.54, 1.807) is 0 Å². The van der Waals surface area contributed by atoms with Crippen LogP contribution in [0.1, 0.15) is 0 Å². The van der Waals surface area contributed by atoms with Crippen molar-refractivity contribution in [3.63, 3.8) is 0 Å². The first-order chi connectivity index (χ1) is 27.8. The lowest BCUT2D eigenvalue weighted by Crippen LogP contribution is -2.13. The summed E-state index contributed by atoms with van der Waals surface area (Å²) in [6.07, 6.45) is 0. The smallest absolute Gasteiger partial charge is 0.0562 e. The van der Waals surface area contributed by atoms with Gasteiger partial charge in [0, 0.05) is 27.5 Å². The first-order valence-corrected chi connectivity index (χ1v) is 19.2. The molecule has 0 aliphatic rings. The van der Waals surface area contributed by atoms with Gasteiger partial charge in [-0.3, -0.25) is 0 Å². The van der Waals surface area contributed by atoms with Gasteiger partial charge in [-0.2, -0.15) is 0 Å². The zero-order valence-corrected chi connectivity index (χ0v) is 30.8. The number of benzene rings is 9. The van der Waals surface area contributed by atoms with Gasteiger partial charge in [0.2, 0.25) is 0 Å². The number of aromatic nitrogens is 1. The van der Waals surface area contributed by atoms with Gasteiger partial charge < -0.3 is 9.47 Å². The molecule has 2 nitrogen and oxygen atoms in total. The minimum absolute atomic E-state index is 1.12. The molecule has 0 amide bonds. The van der Waals surface area contributed by atoms with Crippen molar-refractivity contribution < 1.29 is 0 Å². The Balaban J connectivity index is 1.24. The fourth-order valence-corrected chi connectivity index (χ4v) is 8.28. The van der Waals surface area contributed by atoms with Crippen molar-refractivity contribution >= 4 is 38.9 Å². The third-order valence-corrected chi connectivity index (χ3v) is 10.8. The molecule has 0 saturated carbocycles. The summed E-state index contributed by atoms with van der Waals surface area (Å²) in [5, 5.41) is 2.40. The van der Waals surface area contributed by atoms with E-state index >= 15 is 0 Å². The van der Waals surface area contributed by atoms with Crippen LogP contribution >= 0.6 is 0 Å². The second kappa shape index (κ2) is 14.4. The van der Waals surface area contributed by atoms with E-state index in [0.717, 1.165) is 33.8 Å². The van der Waals surface area contributed by atoms with E-state index < -0.39 is 0 Å². The lowest BCUT2D eigenvalue weighted by atomic mass is 9.98.